The first-order valence-corrected chi connectivity index (χ1v) is 6.68. The lowest BCUT2D eigenvalue weighted by Crippen LogP contribution is -2.30. The molecule has 1 unspecified atom stereocenters. The summed E-state index contributed by atoms with van der Waals surface area (Å²) < 4.78 is 26.3. The largest absolute Gasteiger partial charge is 0.326 e. The number of amides is 2. The van der Waals surface area contributed by atoms with Gasteiger partial charge in [-0.25, -0.2) is 8.78 Å². The second-order valence-corrected chi connectivity index (χ2v) is 5.04. The molecule has 0 bridgehead atoms. The molecule has 1 aliphatic heterocycles. The van der Waals surface area contributed by atoms with Crippen LogP contribution in [0.2, 0.25) is 0 Å². The third kappa shape index (κ3) is 2.81. The van der Waals surface area contributed by atoms with Crippen molar-refractivity contribution in [2.45, 2.75) is 12.3 Å². The lowest BCUT2D eigenvalue weighted by atomic mass is 9.90. The van der Waals surface area contributed by atoms with Crippen LogP contribution in [0.15, 0.2) is 42.5 Å². The van der Waals surface area contributed by atoms with E-state index in [-0.39, 0.29) is 18.0 Å². The number of benzene rings is 2. The van der Waals surface area contributed by atoms with Gasteiger partial charge in [-0.1, -0.05) is 18.2 Å². The summed E-state index contributed by atoms with van der Waals surface area (Å²) in [5.41, 5.74) is 1.27. The molecule has 22 heavy (non-hydrogen) atoms. The van der Waals surface area contributed by atoms with Gasteiger partial charge in [-0.3, -0.25) is 9.59 Å². The van der Waals surface area contributed by atoms with Crippen molar-refractivity contribution >= 4 is 23.2 Å². The molecule has 0 saturated carbocycles. The fourth-order valence-corrected chi connectivity index (χ4v) is 2.50. The number of fused-ring (bicyclic) bond motifs is 1. The molecule has 0 aliphatic carbocycles. The molecule has 2 amide bonds. The van der Waals surface area contributed by atoms with Crippen molar-refractivity contribution < 1.29 is 18.4 Å². The number of para-hydroxylation sites is 1. The van der Waals surface area contributed by atoms with Gasteiger partial charge in [0, 0.05) is 23.9 Å². The van der Waals surface area contributed by atoms with Crippen LogP contribution in [0.5, 0.6) is 0 Å². The molecule has 1 aliphatic rings. The maximum Gasteiger partial charge on any atom is 0.232 e. The minimum atomic E-state index is -0.780. The highest BCUT2D eigenvalue weighted by atomic mass is 19.1. The summed E-state index contributed by atoms with van der Waals surface area (Å²) in [6, 6.07) is 9.73. The first-order chi connectivity index (χ1) is 10.5. The third-order valence-electron chi connectivity index (χ3n) is 3.45. The average Bonchev–Trinajstić information content (AvgIpc) is 2.45. The van der Waals surface area contributed by atoms with Gasteiger partial charge in [-0.2, -0.15) is 0 Å². The van der Waals surface area contributed by atoms with Crippen molar-refractivity contribution in [3.8, 4) is 0 Å². The minimum Gasteiger partial charge on any atom is -0.326 e. The summed E-state index contributed by atoms with van der Waals surface area (Å²) in [5.74, 6) is -3.01. The van der Waals surface area contributed by atoms with E-state index in [0.29, 0.717) is 11.3 Å². The van der Waals surface area contributed by atoms with Crippen molar-refractivity contribution in [2.24, 2.45) is 0 Å². The van der Waals surface area contributed by atoms with E-state index in [4.69, 9.17) is 0 Å². The van der Waals surface area contributed by atoms with E-state index in [0.717, 1.165) is 18.2 Å². The summed E-state index contributed by atoms with van der Waals surface area (Å²) in [5, 5.41) is 5.14. The van der Waals surface area contributed by atoms with E-state index < -0.39 is 23.5 Å². The SMILES string of the molecule is O=C1CC(C(=O)Nc2cc(F)cc(F)c2)c2ccccc2N1. The number of nitrogens with one attached hydrogen (secondary N) is 2. The molecule has 112 valence electrons. The molecule has 0 aromatic heterocycles. The van der Waals surface area contributed by atoms with E-state index in [9.17, 15) is 18.4 Å². The maximum absolute atomic E-state index is 13.2. The van der Waals surface area contributed by atoms with Crippen LogP contribution in [-0.2, 0) is 9.59 Å². The van der Waals surface area contributed by atoms with Crippen molar-refractivity contribution in [3.63, 3.8) is 0 Å². The van der Waals surface area contributed by atoms with Crippen LogP contribution in [0.1, 0.15) is 17.9 Å². The van der Waals surface area contributed by atoms with Crippen molar-refractivity contribution in [3.05, 3.63) is 59.7 Å². The summed E-state index contributed by atoms with van der Waals surface area (Å²) >= 11 is 0. The van der Waals surface area contributed by atoms with Crippen LogP contribution in [0.4, 0.5) is 20.2 Å². The molecule has 1 heterocycles. The molecule has 2 N–H and O–H groups in total. The van der Waals surface area contributed by atoms with Crippen molar-refractivity contribution in [1.29, 1.82) is 0 Å². The first kappa shape index (κ1) is 14.2. The zero-order valence-corrected chi connectivity index (χ0v) is 11.4. The summed E-state index contributed by atoms with van der Waals surface area (Å²) in [7, 11) is 0. The second kappa shape index (κ2) is 5.55. The Bertz CT molecular complexity index is 741. The second-order valence-electron chi connectivity index (χ2n) is 5.04. The standard InChI is InChI=1S/C16H12F2N2O2/c17-9-5-10(18)7-11(6-9)19-16(22)13-8-15(21)20-14-4-2-1-3-12(13)14/h1-7,13H,8H2,(H,19,22)(H,20,21). The number of anilines is 2. The van der Waals surface area contributed by atoms with Gasteiger partial charge in [0.05, 0.1) is 5.92 Å². The molecule has 2 aromatic carbocycles. The van der Waals surface area contributed by atoms with Crippen LogP contribution >= 0.6 is 0 Å². The van der Waals surface area contributed by atoms with Gasteiger partial charge < -0.3 is 10.6 Å². The first-order valence-electron chi connectivity index (χ1n) is 6.68. The summed E-state index contributed by atoms with van der Waals surface area (Å²) in [6.07, 6.45) is -0.0132. The number of carbonyl (C=O) groups excluding carboxylic acids is 2. The zero-order chi connectivity index (χ0) is 15.7. The van der Waals surface area contributed by atoms with Gasteiger partial charge in [-0.05, 0) is 23.8 Å². The van der Waals surface area contributed by atoms with Gasteiger partial charge >= 0.3 is 0 Å². The summed E-state index contributed by atoms with van der Waals surface area (Å²) in [6.45, 7) is 0. The molecule has 0 fully saturated rings. The average molecular weight is 302 g/mol. The highest BCUT2D eigenvalue weighted by Crippen LogP contribution is 2.32. The fraction of sp³-hybridized carbons (Fsp3) is 0.125. The van der Waals surface area contributed by atoms with E-state index in [1.54, 1.807) is 24.3 Å². The lowest BCUT2D eigenvalue weighted by molar-refractivity contribution is -0.123. The van der Waals surface area contributed by atoms with Gasteiger partial charge in [0.2, 0.25) is 11.8 Å². The number of hydrogen-bond donors (Lipinski definition) is 2. The number of hydrogen-bond acceptors (Lipinski definition) is 2. The highest BCUT2D eigenvalue weighted by molar-refractivity contribution is 6.05. The maximum atomic E-state index is 13.2. The number of rotatable bonds is 2. The lowest BCUT2D eigenvalue weighted by Gasteiger charge is -2.24. The molecule has 3 rings (SSSR count). The zero-order valence-electron chi connectivity index (χ0n) is 11.4. The van der Waals surface area contributed by atoms with Crippen molar-refractivity contribution in [2.75, 3.05) is 10.6 Å². The van der Waals surface area contributed by atoms with Gasteiger partial charge in [0.1, 0.15) is 11.6 Å². The molecule has 1 atom stereocenters. The van der Waals surface area contributed by atoms with Gasteiger partial charge in [-0.15, -0.1) is 0 Å². The Balaban J connectivity index is 1.87. The van der Waals surface area contributed by atoms with E-state index >= 15 is 0 Å². The smallest absolute Gasteiger partial charge is 0.232 e. The van der Waals surface area contributed by atoms with Crippen LogP contribution < -0.4 is 10.6 Å². The molecule has 6 heteroatoms. The van der Waals surface area contributed by atoms with Crippen LogP contribution in [0.25, 0.3) is 0 Å². The molecule has 2 aromatic rings. The molecule has 0 radical (unpaired) electrons. The Morgan fingerprint density at radius 1 is 1.14 bits per heavy atom. The van der Waals surface area contributed by atoms with E-state index in [1.165, 1.54) is 0 Å². The Labute approximate surface area is 125 Å². The van der Waals surface area contributed by atoms with Crippen LogP contribution in [0, 0.1) is 11.6 Å². The normalized spacial score (nSPS) is 16.6. The monoisotopic (exact) mass is 302 g/mol. The van der Waals surface area contributed by atoms with Gasteiger partial charge in [0.15, 0.2) is 0 Å². The third-order valence-corrected chi connectivity index (χ3v) is 3.45. The Kier molecular flexibility index (Phi) is 3.58. The number of carbonyl (C=O) groups is 2. The Hall–Kier alpha value is -2.76. The Morgan fingerprint density at radius 3 is 2.55 bits per heavy atom. The Morgan fingerprint density at radius 2 is 1.82 bits per heavy atom. The van der Waals surface area contributed by atoms with Crippen LogP contribution in [0.3, 0.4) is 0 Å². The molecule has 0 spiro atoms. The minimum absolute atomic E-state index is 0.0132. The van der Waals surface area contributed by atoms with Crippen LogP contribution in [-0.4, -0.2) is 11.8 Å². The number of halogens is 2. The molecular formula is C16H12F2N2O2. The van der Waals surface area contributed by atoms with E-state index in [2.05, 4.69) is 10.6 Å². The van der Waals surface area contributed by atoms with E-state index in [1.807, 2.05) is 0 Å². The highest BCUT2D eigenvalue weighted by Gasteiger charge is 2.30. The predicted molar refractivity (Wildman–Crippen MR) is 77.4 cm³/mol. The topological polar surface area (TPSA) is 58.2 Å². The molecule has 4 nitrogen and oxygen atoms in total. The predicted octanol–water partition coefficient (Wildman–Crippen LogP) is 3.03. The van der Waals surface area contributed by atoms with Gasteiger partial charge in [0.25, 0.3) is 0 Å². The van der Waals surface area contributed by atoms with Crippen molar-refractivity contribution in [1.82, 2.24) is 0 Å². The molecule has 0 saturated heterocycles. The summed E-state index contributed by atoms with van der Waals surface area (Å²) in [4.78, 5) is 24.1. The fourth-order valence-electron chi connectivity index (χ4n) is 2.50. The molecular weight excluding hydrogens is 290 g/mol. The quantitative estimate of drug-likeness (QED) is 0.896.